The first-order chi connectivity index (χ1) is 9.16. The second kappa shape index (κ2) is 6.23. The topological polar surface area (TPSA) is 44.9 Å². The Bertz CT molecular complexity index is 581. The number of H-pyrrole nitrogens is 1. The lowest BCUT2D eigenvalue weighted by atomic mass is 10.1. The van der Waals surface area contributed by atoms with Gasteiger partial charge in [-0.3, -0.25) is 4.79 Å². The molecule has 0 spiro atoms. The van der Waals surface area contributed by atoms with Gasteiger partial charge in [0.2, 0.25) is 5.91 Å². The van der Waals surface area contributed by atoms with Gasteiger partial charge in [0.25, 0.3) is 0 Å². The number of hydrogen-bond acceptors (Lipinski definition) is 1. The fraction of sp³-hybridized carbons (Fsp3) is 0.312. The van der Waals surface area contributed by atoms with E-state index < -0.39 is 0 Å². The lowest BCUT2D eigenvalue weighted by Gasteiger charge is -2.02. The summed E-state index contributed by atoms with van der Waals surface area (Å²) in [7, 11) is 0. The highest BCUT2D eigenvalue weighted by atomic mass is 16.1. The van der Waals surface area contributed by atoms with Gasteiger partial charge in [0.1, 0.15) is 0 Å². The number of aromatic amines is 1. The molecule has 2 aromatic rings. The first-order valence-electron chi connectivity index (χ1n) is 6.68. The molecule has 0 fully saturated rings. The number of fused-ring (bicyclic) bond motifs is 1. The summed E-state index contributed by atoms with van der Waals surface area (Å²) < 4.78 is 0. The number of aromatic nitrogens is 1. The summed E-state index contributed by atoms with van der Waals surface area (Å²) >= 11 is 0. The van der Waals surface area contributed by atoms with Crippen molar-refractivity contribution in [1.29, 1.82) is 0 Å². The summed E-state index contributed by atoms with van der Waals surface area (Å²) in [6, 6.07) is 8.20. The van der Waals surface area contributed by atoms with Crippen LogP contribution in [0.4, 0.5) is 0 Å². The third kappa shape index (κ3) is 3.71. The van der Waals surface area contributed by atoms with Crippen LogP contribution in [0.25, 0.3) is 10.9 Å². The molecule has 3 heteroatoms. The predicted molar refractivity (Wildman–Crippen MR) is 79.0 cm³/mol. The van der Waals surface area contributed by atoms with Gasteiger partial charge in [-0.2, -0.15) is 0 Å². The molecule has 1 heterocycles. The Morgan fingerprint density at radius 3 is 2.95 bits per heavy atom. The van der Waals surface area contributed by atoms with Crippen LogP contribution in [-0.2, 0) is 11.2 Å². The van der Waals surface area contributed by atoms with E-state index in [4.69, 9.17) is 0 Å². The molecule has 2 N–H and O–H groups in total. The fourth-order valence-corrected chi connectivity index (χ4v) is 2.00. The van der Waals surface area contributed by atoms with Crippen molar-refractivity contribution >= 4 is 16.8 Å². The Hall–Kier alpha value is -2.03. The van der Waals surface area contributed by atoms with Gasteiger partial charge in [-0.15, -0.1) is 0 Å². The van der Waals surface area contributed by atoms with E-state index in [2.05, 4.69) is 36.3 Å². The van der Waals surface area contributed by atoms with Crippen LogP contribution < -0.4 is 5.32 Å². The normalized spacial score (nSPS) is 11.5. The fourth-order valence-electron chi connectivity index (χ4n) is 2.00. The number of benzene rings is 1. The van der Waals surface area contributed by atoms with Crippen LogP contribution in [0.5, 0.6) is 0 Å². The van der Waals surface area contributed by atoms with Gasteiger partial charge in [0, 0.05) is 23.6 Å². The molecule has 19 heavy (non-hydrogen) atoms. The predicted octanol–water partition coefficient (Wildman–Crippen LogP) is 3.04. The molecule has 0 radical (unpaired) electrons. The lowest BCUT2D eigenvalue weighted by Crippen LogP contribution is -2.23. The molecular formula is C16H20N2O. The molecule has 0 saturated heterocycles. The summed E-state index contributed by atoms with van der Waals surface area (Å²) in [5.41, 5.74) is 2.38. The smallest absolute Gasteiger partial charge is 0.243 e. The Balaban J connectivity index is 1.88. The maximum atomic E-state index is 11.5. The lowest BCUT2D eigenvalue weighted by molar-refractivity contribution is -0.116. The van der Waals surface area contributed by atoms with E-state index in [1.54, 1.807) is 6.08 Å². The quantitative estimate of drug-likeness (QED) is 0.793. The van der Waals surface area contributed by atoms with Crippen LogP contribution in [0.15, 0.2) is 42.6 Å². The van der Waals surface area contributed by atoms with E-state index in [0.29, 0.717) is 12.5 Å². The van der Waals surface area contributed by atoms with Gasteiger partial charge < -0.3 is 10.3 Å². The number of hydrogen-bond donors (Lipinski definition) is 2. The molecule has 0 saturated carbocycles. The van der Waals surface area contributed by atoms with Crippen molar-refractivity contribution in [2.75, 3.05) is 6.54 Å². The first-order valence-corrected chi connectivity index (χ1v) is 6.68. The molecule has 100 valence electrons. The van der Waals surface area contributed by atoms with Crippen LogP contribution in [0.3, 0.4) is 0 Å². The zero-order valence-electron chi connectivity index (χ0n) is 11.4. The van der Waals surface area contributed by atoms with Crippen molar-refractivity contribution in [3.63, 3.8) is 0 Å². The van der Waals surface area contributed by atoms with Crippen LogP contribution in [0.2, 0.25) is 0 Å². The average Bonchev–Trinajstić information content (AvgIpc) is 2.80. The second-order valence-corrected chi connectivity index (χ2v) is 5.00. The summed E-state index contributed by atoms with van der Waals surface area (Å²) in [6.45, 7) is 4.76. The third-order valence-corrected chi connectivity index (χ3v) is 3.00. The highest BCUT2D eigenvalue weighted by Crippen LogP contribution is 2.17. The highest BCUT2D eigenvalue weighted by molar-refractivity contribution is 5.87. The standard InChI is InChI=1S/C16H20N2O/c1-12(2)7-8-16(19)17-10-9-13-11-18-15-6-4-3-5-14(13)15/h3-8,11-12,18H,9-10H2,1-2H3,(H,17,19)/b8-7+. The van der Waals surface area contributed by atoms with Crippen molar-refractivity contribution in [2.45, 2.75) is 20.3 Å². The molecule has 0 aliphatic heterocycles. The molecule has 0 atom stereocenters. The van der Waals surface area contributed by atoms with Crippen molar-refractivity contribution in [1.82, 2.24) is 10.3 Å². The van der Waals surface area contributed by atoms with Crippen molar-refractivity contribution in [2.24, 2.45) is 5.92 Å². The SMILES string of the molecule is CC(C)/C=C/C(=O)NCCc1c[nH]c2ccccc12. The van der Waals surface area contributed by atoms with E-state index in [1.807, 2.05) is 24.4 Å². The van der Waals surface area contributed by atoms with Crippen molar-refractivity contribution < 1.29 is 4.79 Å². The zero-order valence-corrected chi connectivity index (χ0v) is 11.4. The monoisotopic (exact) mass is 256 g/mol. The van der Waals surface area contributed by atoms with Crippen LogP contribution in [0.1, 0.15) is 19.4 Å². The summed E-state index contributed by atoms with van der Waals surface area (Å²) in [4.78, 5) is 14.8. The average molecular weight is 256 g/mol. The van der Waals surface area contributed by atoms with Gasteiger partial charge in [-0.05, 0) is 30.0 Å². The molecule has 1 amide bonds. The number of carbonyl (C=O) groups is 1. The van der Waals surface area contributed by atoms with E-state index in [1.165, 1.54) is 10.9 Å². The number of rotatable bonds is 5. The van der Waals surface area contributed by atoms with Gasteiger partial charge in [0.05, 0.1) is 0 Å². The zero-order chi connectivity index (χ0) is 13.7. The summed E-state index contributed by atoms with van der Waals surface area (Å²) in [6.07, 6.45) is 6.37. The number of amides is 1. The molecular weight excluding hydrogens is 236 g/mol. The second-order valence-electron chi connectivity index (χ2n) is 5.00. The number of para-hydroxylation sites is 1. The van der Waals surface area contributed by atoms with Gasteiger partial charge in [0.15, 0.2) is 0 Å². The minimum atomic E-state index is -0.0199. The first kappa shape index (κ1) is 13.4. The molecule has 0 bridgehead atoms. The van der Waals surface area contributed by atoms with Gasteiger partial charge in [-0.25, -0.2) is 0 Å². The Morgan fingerprint density at radius 2 is 2.16 bits per heavy atom. The van der Waals surface area contributed by atoms with Gasteiger partial charge in [-0.1, -0.05) is 38.1 Å². The molecule has 1 aromatic heterocycles. The van der Waals surface area contributed by atoms with E-state index >= 15 is 0 Å². The summed E-state index contributed by atoms with van der Waals surface area (Å²) in [5, 5.41) is 4.13. The molecule has 1 aromatic carbocycles. The Labute approximate surface area is 113 Å². The van der Waals surface area contributed by atoms with Crippen LogP contribution >= 0.6 is 0 Å². The molecule has 0 aliphatic rings. The Kier molecular flexibility index (Phi) is 4.39. The van der Waals surface area contributed by atoms with Crippen molar-refractivity contribution in [3.8, 4) is 0 Å². The maximum absolute atomic E-state index is 11.5. The minimum Gasteiger partial charge on any atom is -0.361 e. The molecule has 3 nitrogen and oxygen atoms in total. The largest absolute Gasteiger partial charge is 0.361 e. The number of allylic oxidation sites excluding steroid dienone is 1. The summed E-state index contributed by atoms with van der Waals surface area (Å²) in [5.74, 6) is 0.382. The number of nitrogens with one attached hydrogen (secondary N) is 2. The van der Waals surface area contributed by atoms with Crippen LogP contribution in [0, 0.1) is 5.92 Å². The van der Waals surface area contributed by atoms with E-state index in [9.17, 15) is 4.79 Å². The maximum Gasteiger partial charge on any atom is 0.243 e. The number of carbonyl (C=O) groups excluding carboxylic acids is 1. The van der Waals surface area contributed by atoms with Crippen LogP contribution in [-0.4, -0.2) is 17.4 Å². The molecule has 2 rings (SSSR count). The molecule has 0 aliphatic carbocycles. The van der Waals surface area contributed by atoms with E-state index in [0.717, 1.165) is 11.9 Å². The Morgan fingerprint density at radius 1 is 1.37 bits per heavy atom. The van der Waals surface area contributed by atoms with Gasteiger partial charge >= 0.3 is 0 Å². The highest BCUT2D eigenvalue weighted by Gasteiger charge is 2.03. The molecule has 0 unspecified atom stereocenters. The third-order valence-electron chi connectivity index (χ3n) is 3.00. The van der Waals surface area contributed by atoms with Crippen molar-refractivity contribution in [3.05, 3.63) is 48.2 Å². The minimum absolute atomic E-state index is 0.0199. The van der Waals surface area contributed by atoms with E-state index in [-0.39, 0.29) is 5.91 Å².